The maximum atomic E-state index is 9.28. The Kier molecular flexibility index (Phi) is 9.23. The van der Waals surface area contributed by atoms with E-state index in [-0.39, 0.29) is 19.8 Å². The fourth-order valence-corrected chi connectivity index (χ4v) is 0.937. The van der Waals surface area contributed by atoms with Gasteiger partial charge in [0.1, 0.15) is 6.10 Å². The van der Waals surface area contributed by atoms with Gasteiger partial charge in [-0.1, -0.05) is 0 Å². The molecule has 0 heterocycles. The van der Waals surface area contributed by atoms with Crippen molar-refractivity contribution < 1.29 is 19.7 Å². The first kappa shape index (κ1) is 13.8. The first-order valence-corrected chi connectivity index (χ1v) is 4.86. The van der Waals surface area contributed by atoms with Gasteiger partial charge in [0.25, 0.3) is 0 Å². The van der Waals surface area contributed by atoms with Crippen LogP contribution >= 0.6 is 0 Å². The maximum absolute atomic E-state index is 9.28. The van der Waals surface area contributed by atoms with Gasteiger partial charge < -0.3 is 25.0 Å². The van der Waals surface area contributed by atoms with Gasteiger partial charge in [0.15, 0.2) is 0 Å². The molecule has 14 heavy (non-hydrogen) atoms. The number of nitrogens with one attached hydrogen (secondary N) is 1. The normalized spacial score (nSPS) is 15.4. The van der Waals surface area contributed by atoms with Gasteiger partial charge in [-0.2, -0.15) is 0 Å². The molecule has 0 spiro atoms. The SMILES string of the molecule is CCOCC(O)COCC(O)CNC. The van der Waals surface area contributed by atoms with Crippen molar-refractivity contribution in [3.63, 3.8) is 0 Å². The van der Waals surface area contributed by atoms with Crippen LogP contribution in [0, 0.1) is 0 Å². The summed E-state index contributed by atoms with van der Waals surface area (Å²) >= 11 is 0. The van der Waals surface area contributed by atoms with Crippen LogP contribution in [0.25, 0.3) is 0 Å². The highest BCUT2D eigenvalue weighted by molar-refractivity contribution is 4.57. The average molecular weight is 207 g/mol. The summed E-state index contributed by atoms with van der Waals surface area (Å²) in [7, 11) is 1.76. The molecule has 0 fully saturated rings. The minimum atomic E-state index is -0.614. The van der Waals surface area contributed by atoms with Crippen LogP contribution in [0.4, 0.5) is 0 Å². The lowest BCUT2D eigenvalue weighted by Gasteiger charge is -2.13. The van der Waals surface area contributed by atoms with Gasteiger partial charge >= 0.3 is 0 Å². The summed E-state index contributed by atoms with van der Waals surface area (Å²) in [5, 5.41) is 21.3. The lowest BCUT2D eigenvalue weighted by atomic mass is 10.3. The molecule has 0 amide bonds. The van der Waals surface area contributed by atoms with E-state index in [0.717, 1.165) is 0 Å². The van der Waals surface area contributed by atoms with Crippen LogP contribution < -0.4 is 5.32 Å². The molecule has 0 aromatic heterocycles. The van der Waals surface area contributed by atoms with Crippen molar-refractivity contribution in [1.82, 2.24) is 5.32 Å². The van der Waals surface area contributed by atoms with Crippen molar-refractivity contribution in [1.29, 1.82) is 0 Å². The molecule has 0 aliphatic heterocycles. The van der Waals surface area contributed by atoms with E-state index >= 15 is 0 Å². The van der Waals surface area contributed by atoms with E-state index in [9.17, 15) is 10.2 Å². The molecule has 2 atom stereocenters. The Morgan fingerprint density at radius 2 is 1.64 bits per heavy atom. The van der Waals surface area contributed by atoms with E-state index in [1.807, 2.05) is 6.92 Å². The topological polar surface area (TPSA) is 71.0 Å². The summed E-state index contributed by atoms with van der Waals surface area (Å²) in [5.41, 5.74) is 0. The van der Waals surface area contributed by atoms with E-state index in [1.54, 1.807) is 7.05 Å². The van der Waals surface area contributed by atoms with Gasteiger partial charge in [0.2, 0.25) is 0 Å². The van der Waals surface area contributed by atoms with Crippen LogP contribution in [0.15, 0.2) is 0 Å². The highest BCUT2D eigenvalue weighted by Crippen LogP contribution is 1.90. The molecule has 86 valence electrons. The van der Waals surface area contributed by atoms with Crippen LogP contribution in [0.2, 0.25) is 0 Å². The zero-order valence-electron chi connectivity index (χ0n) is 8.90. The number of aliphatic hydroxyl groups excluding tert-OH is 2. The minimum absolute atomic E-state index is 0.195. The molecule has 5 nitrogen and oxygen atoms in total. The second-order valence-electron chi connectivity index (χ2n) is 3.06. The standard InChI is InChI=1S/C9H21NO4/c1-3-13-6-9(12)7-14-5-8(11)4-10-2/h8-12H,3-7H2,1-2H3. The number of rotatable bonds is 9. The Morgan fingerprint density at radius 1 is 1.07 bits per heavy atom. The Morgan fingerprint density at radius 3 is 2.21 bits per heavy atom. The molecule has 0 aromatic rings. The Bertz CT molecular complexity index is 123. The Hall–Kier alpha value is -0.200. The summed E-state index contributed by atoms with van der Waals surface area (Å²) < 4.78 is 10.1. The molecule has 3 N–H and O–H groups in total. The van der Waals surface area contributed by atoms with Gasteiger partial charge in [-0.05, 0) is 14.0 Å². The molecule has 0 aromatic carbocycles. The third-order valence-electron chi connectivity index (χ3n) is 1.57. The molecule has 0 aliphatic carbocycles. The maximum Gasteiger partial charge on any atom is 0.101 e. The molecule has 0 rings (SSSR count). The lowest BCUT2D eigenvalue weighted by molar-refractivity contribution is -0.0368. The monoisotopic (exact) mass is 207 g/mol. The van der Waals surface area contributed by atoms with Crippen LogP contribution in [0.5, 0.6) is 0 Å². The minimum Gasteiger partial charge on any atom is -0.389 e. The molecule has 0 saturated carbocycles. The van der Waals surface area contributed by atoms with E-state index in [4.69, 9.17) is 9.47 Å². The number of hydrogen-bond donors (Lipinski definition) is 3. The van der Waals surface area contributed by atoms with Gasteiger partial charge in [-0.15, -0.1) is 0 Å². The van der Waals surface area contributed by atoms with Crippen molar-refractivity contribution in [3.8, 4) is 0 Å². The molecule has 0 saturated heterocycles. The second kappa shape index (κ2) is 9.36. The summed E-state index contributed by atoms with van der Waals surface area (Å²) in [4.78, 5) is 0. The fourth-order valence-electron chi connectivity index (χ4n) is 0.937. The zero-order chi connectivity index (χ0) is 10.8. The molecule has 0 radical (unpaired) electrons. The summed E-state index contributed by atoms with van der Waals surface area (Å²) in [6.45, 7) is 3.63. The Labute approximate surface area is 85.0 Å². The first-order valence-electron chi connectivity index (χ1n) is 4.86. The predicted octanol–water partition coefficient (Wildman–Crippen LogP) is -1.02. The third kappa shape index (κ3) is 8.40. The smallest absolute Gasteiger partial charge is 0.101 e. The van der Waals surface area contributed by atoms with Gasteiger partial charge in [-0.3, -0.25) is 0 Å². The van der Waals surface area contributed by atoms with Gasteiger partial charge in [0.05, 0.1) is 25.9 Å². The van der Waals surface area contributed by atoms with Gasteiger partial charge in [-0.25, -0.2) is 0 Å². The molecule has 0 aliphatic rings. The number of hydrogen-bond acceptors (Lipinski definition) is 5. The second-order valence-corrected chi connectivity index (χ2v) is 3.06. The number of aliphatic hydroxyl groups is 2. The van der Waals surface area contributed by atoms with Crippen LogP contribution in [-0.4, -0.2) is 62.4 Å². The van der Waals surface area contributed by atoms with Crippen LogP contribution in [0.1, 0.15) is 6.92 Å². The molecule has 2 unspecified atom stereocenters. The predicted molar refractivity (Wildman–Crippen MR) is 53.3 cm³/mol. The van der Waals surface area contributed by atoms with Gasteiger partial charge in [0, 0.05) is 13.2 Å². The van der Waals surface area contributed by atoms with Crippen LogP contribution in [0.3, 0.4) is 0 Å². The molecule has 0 bridgehead atoms. The van der Waals surface area contributed by atoms with Crippen molar-refractivity contribution >= 4 is 0 Å². The van der Waals surface area contributed by atoms with E-state index in [1.165, 1.54) is 0 Å². The summed E-state index contributed by atoms with van der Waals surface area (Å²) in [6.07, 6.45) is -1.14. The quantitative estimate of drug-likeness (QED) is 0.451. The molecule has 5 heteroatoms. The fraction of sp³-hybridized carbons (Fsp3) is 1.00. The molecular formula is C9H21NO4. The third-order valence-corrected chi connectivity index (χ3v) is 1.57. The van der Waals surface area contributed by atoms with Crippen molar-refractivity contribution in [3.05, 3.63) is 0 Å². The van der Waals surface area contributed by atoms with Crippen molar-refractivity contribution in [2.75, 3.05) is 40.0 Å². The Balaban J connectivity index is 3.25. The highest BCUT2D eigenvalue weighted by atomic mass is 16.5. The summed E-state index contributed by atoms with van der Waals surface area (Å²) in [5.74, 6) is 0. The zero-order valence-corrected chi connectivity index (χ0v) is 8.90. The van der Waals surface area contributed by atoms with Crippen molar-refractivity contribution in [2.24, 2.45) is 0 Å². The number of ether oxygens (including phenoxy) is 2. The lowest BCUT2D eigenvalue weighted by Crippen LogP contribution is -2.30. The average Bonchev–Trinajstić information content (AvgIpc) is 2.15. The largest absolute Gasteiger partial charge is 0.389 e. The summed E-state index contributed by atoms with van der Waals surface area (Å²) in [6, 6.07) is 0. The number of likely N-dealkylation sites (N-methyl/N-ethyl adjacent to an activating group) is 1. The van der Waals surface area contributed by atoms with E-state index in [2.05, 4.69) is 5.32 Å². The first-order chi connectivity index (χ1) is 6.70. The van der Waals surface area contributed by atoms with Crippen LogP contribution in [-0.2, 0) is 9.47 Å². The van der Waals surface area contributed by atoms with E-state index in [0.29, 0.717) is 13.2 Å². The van der Waals surface area contributed by atoms with Crippen molar-refractivity contribution in [2.45, 2.75) is 19.1 Å². The van der Waals surface area contributed by atoms with E-state index < -0.39 is 12.2 Å². The molecular weight excluding hydrogens is 186 g/mol. The highest BCUT2D eigenvalue weighted by Gasteiger charge is 2.06.